The number of para-hydroxylation sites is 1. The van der Waals surface area contributed by atoms with Crippen LogP contribution in [-0.2, 0) is 44.2 Å². The number of amides is 3. The molecule has 9 nitrogen and oxygen atoms in total. The number of nitrogens with zero attached hydrogens (tertiary/aromatic N) is 3. The molecule has 0 unspecified atom stereocenters. The van der Waals surface area contributed by atoms with E-state index >= 15 is 4.11 Å². The number of rotatable bonds is 11. The van der Waals surface area contributed by atoms with Gasteiger partial charge >= 0.3 is 0 Å². The third-order valence-corrected chi connectivity index (χ3v) is 13.6. The fourth-order valence-electron chi connectivity index (χ4n) is 8.67. The SMILES string of the molecule is COc1ccc2c(c1)[C@@]1(O[C@H](CC(=O)N(CCO)Cc3ccccc3)[C@@H]([Si](C)(C)F)[C@@H]1C)C(=O)N2Cc1ccc(N2C(=O)CCc3ccccc32)cc1. The van der Waals surface area contributed by atoms with Gasteiger partial charge in [0.15, 0.2) is 5.60 Å². The van der Waals surface area contributed by atoms with Crippen LogP contribution >= 0.6 is 0 Å². The van der Waals surface area contributed by atoms with Crippen LogP contribution in [0.15, 0.2) is 97.1 Å². The van der Waals surface area contributed by atoms with Crippen molar-refractivity contribution in [1.29, 1.82) is 0 Å². The number of ether oxygens (including phenoxy) is 2. The van der Waals surface area contributed by atoms with Gasteiger partial charge in [0.05, 0.1) is 44.2 Å². The minimum Gasteiger partial charge on any atom is -0.497 e. The quantitative estimate of drug-likeness (QED) is 0.131. The zero-order valence-corrected chi connectivity index (χ0v) is 31.6. The minimum atomic E-state index is -3.54. The molecule has 3 heterocycles. The van der Waals surface area contributed by atoms with Crippen LogP contribution in [0.3, 0.4) is 0 Å². The molecule has 3 aliphatic heterocycles. The van der Waals surface area contributed by atoms with Crippen LogP contribution < -0.4 is 14.5 Å². The van der Waals surface area contributed by atoms with Gasteiger partial charge in [-0.3, -0.25) is 19.3 Å². The van der Waals surface area contributed by atoms with Crippen molar-refractivity contribution in [2.45, 2.75) is 69.6 Å². The molecule has 3 aliphatic rings. The van der Waals surface area contributed by atoms with Crippen molar-refractivity contribution in [2.75, 3.05) is 30.1 Å². The Kier molecular flexibility index (Phi) is 10.0. The van der Waals surface area contributed by atoms with Crippen LogP contribution in [0.1, 0.15) is 42.0 Å². The fraction of sp³-hybridized carbons (Fsp3) is 0.357. The van der Waals surface area contributed by atoms with Crippen molar-refractivity contribution in [3.8, 4) is 5.75 Å². The number of aliphatic hydroxyl groups is 1. The Morgan fingerprint density at radius 3 is 2.38 bits per heavy atom. The number of methoxy groups -OCH3 is 1. The largest absolute Gasteiger partial charge is 0.497 e. The lowest BCUT2D eigenvalue weighted by Crippen LogP contribution is -2.45. The lowest BCUT2D eigenvalue weighted by atomic mass is 9.82. The van der Waals surface area contributed by atoms with Gasteiger partial charge in [-0.25, -0.2) is 0 Å². The van der Waals surface area contributed by atoms with Gasteiger partial charge in [0, 0.05) is 42.2 Å². The summed E-state index contributed by atoms with van der Waals surface area (Å²) in [6, 6.07) is 30.5. The summed E-state index contributed by atoms with van der Waals surface area (Å²) in [6.07, 6.45) is 0.143. The summed E-state index contributed by atoms with van der Waals surface area (Å²) >= 11 is 0. The summed E-state index contributed by atoms with van der Waals surface area (Å²) in [4.78, 5) is 46.9. The number of aryl methyl sites for hydroxylation is 1. The second-order valence-corrected chi connectivity index (χ2v) is 18.6. The second-order valence-electron chi connectivity index (χ2n) is 14.8. The first-order valence-electron chi connectivity index (χ1n) is 18.3. The maximum Gasteiger partial charge on any atom is 0.264 e. The monoisotopic (exact) mass is 735 g/mol. The van der Waals surface area contributed by atoms with Crippen LogP contribution in [0.4, 0.5) is 21.2 Å². The van der Waals surface area contributed by atoms with Gasteiger partial charge in [0.2, 0.25) is 20.2 Å². The Morgan fingerprint density at radius 2 is 1.68 bits per heavy atom. The molecule has 7 rings (SSSR count). The lowest BCUT2D eigenvalue weighted by molar-refractivity contribution is -0.150. The van der Waals surface area contributed by atoms with E-state index in [0.717, 1.165) is 28.1 Å². The summed E-state index contributed by atoms with van der Waals surface area (Å²) < 4.78 is 29.0. The molecule has 1 N–H and O–H groups in total. The van der Waals surface area contributed by atoms with E-state index in [-0.39, 0.29) is 43.8 Å². The van der Waals surface area contributed by atoms with E-state index < -0.39 is 31.6 Å². The van der Waals surface area contributed by atoms with Crippen LogP contribution in [0.2, 0.25) is 18.6 Å². The van der Waals surface area contributed by atoms with Crippen molar-refractivity contribution in [2.24, 2.45) is 5.92 Å². The highest BCUT2D eigenvalue weighted by Crippen LogP contribution is 2.60. The normalized spacial score (nSPS) is 22.3. The number of aliphatic hydroxyl groups excluding tert-OH is 1. The van der Waals surface area contributed by atoms with Crippen molar-refractivity contribution >= 4 is 43.2 Å². The van der Waals surface area contributed by atoms with Gasteiger partial charge in [-0.2, -0.15) is 0 Å². The average molecular weight is 736 g/mol. The van der Waals surface area contributed by atoms with E-state index in [0.29, 0.717) is 36.4 Å². The predicted molar refractivity (Wildman–Crippen MR) is 204 cm³/mol. The Labute approximate surface area is 311 Å². The molecule has 0 bridgehead atoms. The van der Waals surface area contributed by atoms with Crippen molar-refractivity contribution < 1.29 is 33.1 Å². The van der Waals surface area contributed by atoms with E-state index in [1.165, 1.54) is 0 Å². The molecule has 1 fully saturated rings. The first kappa shape index (κ1) is 36.5. The maximum absolute atomic E-state index is 16.5. The van der Waals surface area contributed by atoms with Gasteiger partial charge in [-0.1, -0.05) is 67.6 Å². The smallest absolute Gasteiger partial charge is 0.264 e. The number of carbonyl (C=O) groups excluding carboxylic acids is 3. The Morgan fingerprint density at radius 1 is 0.962 bits per heavy atom. The minimum absolute atomic E-state index is 0.0323. The third-order valence-electron chi connectivity index (χ3n) is 11.1. The van der Waals surface area contributed by atoms with E-state index in [4.69, 9.17) is 9.47 Å². The summed E-state index contributed by atoms with van der Waals surface area (Å²) in [5.41, 5.74) is 3.52. The second kappa shape index (κ2) is 14.5. The first-order valence-corrected chi connectivity index (χ1v) is 21.2. The molecule has 3 amide bonds. The zero-order chi connectivity index (χ0) is 37.5. The molecule has 1 saturated heterocycles. The number of carbonyl (C=O) groups is 3. The molecule has 4 aromatic carbocycles. The van der Waals surface area contributed by atoms with Crippen LogP contribution in [0.25, 0.3) is 0 Å². The fourth-order valence-corrected chi connectivity index (χ4v) is 11.2. The molecule has 276 valence electrons. The number of hydrogen-bond acceptors (Lipinski definition) is 6. The number of hydrogen-bond donors (Lipinski definition) is 1. The first-order chi connectivity index (χ1) is 25.5. The van der Waals surface area contributed by atoms with Gasteiger partial charge in [0.25, 0.3) is 5.91 Å². The number of halogens is 1. The van der Waals surface area contributed by atoms with E-state index in [9.17, 15) is 19.5 Å². The van der Waals surface area contributed by atoms with E-state index in [1.54, 1.807) is 47.0 Å². The standard InChI is InChI=1S/C42H46FN3O6Si/c1-28-40(53(3,4)43)37(25-39(49)44(22-23-47)26-29-10-6-5-7-11-29)52-42(28)34-24-33(51-2)19-20-36(34)45(41(42)50)27-30-14-17-32(18-15-30)46-35-13-9-8-12-31(35)16-21-38(46)48/h5-15,17-20,24,28,37,40,47H,16,21-23,25-27H2,1-4H3/t28-,37+,40-,42+/m0/s1. The Hall–Kier alpha value is -4.84. The molecule has 4 atom stereocenters. The van der Waals surface area contributed by atoms with Gasteiger partial charge in [-0.15, -0.1) is 0 Å². The zero-order valence-electron chi connectivity index (χ0n) is 30.6. The third kappa shape index (κ3) is 6.66. The van der Waals surface area contributed by atoms with Gasteiger partial charge in [0.1, 0.15) is 5.75 Å². The molecular formula is C42H46FN3O6Si. The van der Waals surface area contributed by atoms with Gasteiger partial charge in [-0.05, 0) is 72.6 Å². The summed E-state index contributed by atoms with van der Waals surface area (Å²) in [7, 11) is -1.99. The molecule has 11 heteroatoms. The molecular weight excluding hydrogens is 690 g/mol. The molecule has 0 radical (unpaired) electrons. The maximum atomic E-state index is 16.5. The van der Waals surface area contributed by atoms with Crippen molar-refractivity contribution in [3.05, 3.63) is 119 Å². The average Bonchev–Trinajstić information content (AvgIpc) is 3.57. The van der Waals surface area contributed by atoms with Crippen molar-refractivity contribution in [1.82, 2.24) is 4.90 Å². The van der Waals surface area contributed by atoms with Crippen LogP contribution in [0.5, 0.6) is 5.75 Å². The van der Waals surface area contributed by atoms with E-state index in [1.807, 2.05) is 91.9 Å². The molecule has 0 aliphatic carbocycles. The summed E-state index contributed by atoms with van der Waals surface area (Å²) in [5, 5.41) is 9.83. The highest BCUT2D eigenvalue weighted by molar-refractivity contribution is 6.72. The topological polar surface area (TPSA) is 99.6 Å². The lowest BCUT2D eigenvalue weighted by Gasteiger charge is -2.31. The molecule has 1 spiro atoms. The predicted octanol–water partition coefficient (Wildman–Crippen LogP) is 7.04. The molecule has 0 saturated carbocycles. The summed E-state index contributed by atoms with van der Waals surface area (Å²) in [5.74, 6) is -0.613. The molecule has 0 aromatic heterocycles. The molecule has 4 aromatic rings. The van der Waals surface area contributed by atoms with Crippen molar-refractivity contribution in [3.63, 3.8) is 0 Å². The Bertz CT molecular complexity index is 2000. The Balaban J connectivity index is 1.20. The van der Waals surface area contributed by atoms with E-state index in [2.05, 4.69) is 0 Å². The number of fused-ring (bicyclic) bond motifs is 3. The van der Waals surface area contributed by atoms with Crippen LogP contribution in [-0.4, -0.2) is 62.5 Å². The highest BCUT2D eigenvalue weighted by Gasteiger charge is 2.67. The van der Waals surface area contributed by atoms with Gasteiger partial charge < -0.3 is 28.5 Å². The summed E-state index contributed by atoms with van der Waals surface area (Å²) in [6.45, 7) is 5.49. The highest BCUT2D eigenvalue weighted by atomic mass is 28.4. The van der Waals surface area contributed by atoms with Crippen LogP contribution in [0, 0.1) is 5.92 Å². The molecule has 53 heavy (non-hydrogen) atoms. The number of anilines is 3. The number of benzene rings is 4.